The van der Waals surface area contributed by atoms with Gasteiger partial charge in [-0.3, -0.25) is 4.98 Å². The molecule has 0 aliphatic rings. The third-order valence-corrected chi connectivity index (χ3v) is 3.08. The minimum atomic E-state index is -0.484. The molecule has 2 aromatic rings. The maximum atomic E-state index is 12.9. The molecule has 0 amide bonds. The molecule has 1 heterocycles. The summed E-state index contributed by atoms with van der Waals surface area (Å²) in [5.41, 5.74) is 2.56. The molecule has 0 saturated carbocycles. The zero-order valence-electron chi connectivity index (χ0n) is 8.64. The van der Waals surface area contributed by atoms with Crippen molar-refractivity contribution < 1.29 is 9.50 Å². The van der Waals surface area contributed by atoms with Gasteiger partial charge in [0.05, 0.1) is 11.6 Å². The van der Waals surface area contributed by atoms with Crippen molar-refractivity contribution in [1.82, 2.24) is 4.98 Å². The predicted molar refractivity (Wildman–Crippen MR) is 61.9 cm³/mol. The average molecular weight is 237 g/mol. The van der Waals surface area contributed by atoms with E-state index in [1.54, 1.807) is 17.8 Å². The summed E-state index contributed by atoms with van der Waals surface area (Å²) < 4.78 is 12.9. The van der Waals surface area contributed by atoms with E-state index in [9.17, 15) is 9.50 Å². The van der Waals surface area contributed by atoms with Crippen LogP contribution in [0.4, 0.5) is 4.39 Å². The van der Waals surface area contributed by atoms with E-state index in [1.165, 1.54) is 23.5 Å². The highest BCUT2D eigenvalue weighted by atomic mass is 32.1. The molecule has 0 fully saturated rings. The van der Waals surface area contributed by atoms with Gasteiger partial charge in [0.15, 0.2) is 0 Å². The Morgan fingerprint density at radius 1 is 1.38 bits per heavy atom. The lowest BCUT2D eigenvalue weighted by molar-refractivity contribution is 0.176. The fourth-order valence-corrected chi connectivity index (χ4v) is 2.25. The molecule has 0 aliphatic carbocycles. The summed E-state index contributed by atoms with van der Waals surface area (Å²) in [6, 6.07) is 6.33. The lowest BCUT2D eigenvalue weighted by Gasteiger charge is -2.08. The lowest BCUT2D eigenvalue weighted by atomic mass is 10.1. The normalized spacial score (nSPS) is 12.6. The Bertz CT molecular complexity index is 444. The molecule has 0 radical (unpaired) electrons. The van der Waals surface area contributed by atoms with Crippen LogP contribution < -0.4 is 0 Å². The highest BCUT2D eigenvalue weighted by Gasteiger charge is 2.08. The van der Waals surface area contributed by atoms with E-state index in [1.807, 2.05) is 6.07 Å². The Kier molecular flexibility index (Phi) is 3.64. The average Bonchev–Trinajstić information content (AvgIpc) is 2.70. The number of aliphatic hydroxyl groups is 1. The van der Waals surface area contributed by atoms with Gasteiger partial charge in [-0.2, -0.15) is 0 Å². The first kappa shape index (κ1) is 11.2. The fourth-order valence-electron chi connectivity index (χ4n) is 1.58. The summed E-state index contributed by atoms with van der Waals surface area (Å²) in [7, 11) is 0. The van der Waals surface area contributed by atoms with Gasteiger partial charge in [0.25, 0.3) is 0 Å². The first-order chi connectivity index (χ1) is 7.74. The van der Waals surface area contributed by atoms with Crippen LogP contribution in [0.1, 0.15) is 10.4 Å². The van der Waals surface area contributed by atoms with Gasteiger partial charge in [0.2, 0.25) is 0 Å². The van der Waals surface area contributed by atoms with Gasteiger partial charge in [0.1, 0.15) is 5.82 Å². The quantitative estimate of drug-likeness (QED) is 0.886. The number of hydrogen-bond donors (Lipinski definition) is 1. The Hall–Kier alpha value is -1.26. The first-order valence-electron chi connectivity index (χ1n) is 5.04. The molecule has 0 spiro atoms. The van der Waals surface area contributed by atoms with E-state index in [0.717, 1.165) is 10.4 Å². The van der Waals surface area contributed by atoms with Crippen LogP contribution in [0.15, 0.2) is 36.0 Å². The van der Waals surface area contributed by atoms with Crippen LogP contribution in [-0.2, 0) is 12.8 Å². The predicted octanol–water partition coefficient (Wildman–Crippen LogP) is 2.43. The largest absolute Gasteiger partial charge is 0.392 e. The van der Waals surface area contributed by atoms with Crippen molar-refractivity contribution in [1.29, 1.82) is 0 Å². The van der Waals surface area contributed by atoms with E-state index < -0.39 is 6.10 Å². The monoisotopic (exact) mass is 237 g/mol. The molecule has 1 atom stereocenters. The summed E-state index contributed by atoms with van der Waals surface area (Å²) in [6.45, 7) is 0. The highest BCUT2D eigenvalue weighted by molar-refractivity contribution is 7.09. The fraction of sp³-hybridized carbons (Fsp3) is 0.250. The number of aliphatic hydroxyl groups excluding tert-OH is 1. The second kappa shape index (κ2) is 5.18. The van der Waals surface area contributed by atoms with Crippen molar-refractivity contribution >= 4 is 11.3 Å². The summed E-state index contributed by atoms with van der Waals surface area (Å²) in [5, 5.41) is 9.82. The molecule has 0 bridgehead atoms. The zero-order valence-corrected chi connectivity index (χ0v) is 9.45. The molecular formula is C12H12FNOS. The van der Waals surface area contributed by atoms with Crippen LogP contribution in [0.5, 0.6) is 0 Å². The molecular weight excluding hydrogens is 225 g/mol. The second-order valence-corrected chi connectivity index (χ2v) is 4.63. The third kappa shape index (κ3) is 3.12. The molecule has 2 rings (SSSR count). The number of thiazole rings is 1. The van der Waals surface area contributed by atoms with E-state index in [4.69, 9.17) is 0 Å². The van der Waals surface area contributed by atoms with Gasteiger partial charge in [0, 0.05) is 17.5 Å². The van der Waals surface area contributed by atoms with Crippen molar-refractivity contribution in [2.45, 2.75) is 18.9 Å². The van der Waals surface area contributed by atoms with Crippen LogP contribution >= 0.6 is 11.3 Å². The Morgan fingerprint density at radius 3 is 2.94 bits per heavy atom. The topological polar surface area (TPSA) is 33.1 Å². The van der Waals surface area contributed by atoms with E-state index >= 15 is 0 Å². The van der Waals surface area contributed by atoms with E-state index in [0.29, 0.717) is 12.8 Å². The van der Waals surface area contributed by atoms with Gasteiger partial charge in [-0.15, -0.1) is 11.3 Å². The SMILES string of the molecule is OC(Cc1cccc(F)c1)Cc1cncs1. The van der Waals surface area contributed by atoms with Gasteiger partial charge < -0.3 is 5.11 Å². The number of halogens is 1. The van der Waals surface area contributed by atoms with Crippen molar-refractivity contribution in [2.24, 2.45) is 0 Å². The zero-order chi connectivity index (χ0) is 11.4. The number of hydrogen-bond acceptors (Lipinski definition) is 3. The summed E-state index contributed by atoms with van der Waals surface area (Å²) in [6.07, 6.45) is 2.30. The molecule has 0 saturated heterocycles. The van der Waals surface area contributed by atoms with E-state index in [2.05, 4.69) is 4.98 Å². The summed E-state index contributed by atoms with van der Waals surface area (Å²) >= 11 is 1.52. The molecule has 0 aliphatic heterocycles. The highest BCUT2D eigenvalue weighted by Crippen LogP contribution is 2.12. The molecule has 1 aromatic heterocycles. The molecule has 1 N–H and O–H groups in total. The molecule has 2 nitrogen and oxygen atoms in total. The summed E-state index contributed by atoms with van der Waals surface area (Å²) in [5.74, 6) is -0.262. The minimum Gasteiger partial charge on any atom is -0.392 e. The first-order valence-corrected chi connectivity index (χ1v) is 5.92. The smallest absolute Gasteiger partial charge is 0.123 e. The van der Waals surface area contributed by atoms with Crippen molar-refractivity contribution in [3.63, 3.8) is 0 Å². The maximum Gasteiger partial charge on any atom is 0.123 e. The van der Waals surface area contributed by atoms with Gasteiger partial charge in [-0.25, -0.2) is 4.39 Å². The van der Waals surface area contributed by atoms with Crippen molar-refractivity contribution in [2.75, 3.05) is 0 Å². The number of benzene rings is 1. The molecule has 1 aromatic carbocycles. The molecule has 1 unspecified atom stereocenters. The van der Waals surface area contributed by atoms with Crippen molar-refractivity contribution in [3.8, 4) is 0 Å². The third-order valence-electron chi connectivity index (χ3n) is 2.28. The van der Waals surface area contributed by atoms with Crippen LogP contribution in [0.25, 0.3) is 0 Å². The Balaban J connectivity index is 1.94. The Morgan fingerprint density at radius 2 is 2.25 bits per heavy atom. The summed E-state index contributed by atoms with van der Waals surface area (Å²) in [4.78, 5) is 4.99. The van der Waals surface area contributed by atoms with E-state index in [-0.39, 0.29) is 5.82 Å². The van der Waals surface area contributed by atoms with Gasteiger partial charge in [-0.1, -0.05) is 12.1 Å². The van der Waals surface area contributed by atoms with Crippen LogP contribution in [-0.4, -0.2) is 16.2 Å². The molecule has 84 valence electrons. The van der Waals surface area contributed by atoms with Crippen LogP contribution in [0, 0.1) is 5.82 Å². The lowest BCUT2D eigenvalue weighted by Crippen LogP contribution is -2.13. The standard InChI is InChI=1S/C12H12FNOS/c13-10-3-1-2-9(4-10)5-11(15)6-12-7-14-8-16-12/h1-4,7-8,11,15H,5-6H2. The van der Waals surface area contributed by atoms with Crippen molar-refractivity contribution in [3.05, 3.63) is 52.2 Å². The second-order valence-electron chi connectivity index (χ2n) is 3.66. The van der Waals surface area contributed by atoms with Gasteiger partial charge in [-0.05, 0) is 24.1 Å². The minimum absolute atomic E-state index is 0.262. The van der Waals surface area contributed by atoms with Crippen LogP contribution in [0.2, 0.25) is 0 Å². The van der Waals surface area contributed by atoms with Crippen LogP contribution in [0.3, 0.4) is 0 Å². The number of rotatable bonds is 4. The Labute approximate surface area is 97.4 Å². The number of aromatic nitrogens is 1. The number of nitrogens with zero attached hydrogens (tertiary/aromatic N) is 1. The van der Waals surface area contributed by atoms with Gasteiger partial charge >= 0.3 is 0 Å². The molecule has 16 heavy (non-hydrogen) atoms. The maximum absolute atomic E-state index is 12.9. The molecule has 4 heteroatoms.